The number of rotatable bonds is 6. The molecule has 1 aromatic carbocycles. The van der Waals surface area contributed by atoms with E-state index in [-0.39, 0.29) is 24.7 Å². The van der Waals surface area contributed by atoms with Gasteiger partial charge in [0.1, 0.15) is 11.5 Å². The molecule has 0 spiro atoms. The van der Waals surface area contributed by atoms with Crippen LogP contribution in [0.1, 0.15) is 5.76 Å². The predicted octanol–water partition coefficient (Wildman–Crippen LogP) is 2.42. The number of hydrogen-bond acceptors (Lipinski definition) is 5. The number of ether oxygens (including phenoxy) is 1. The minimum absolute atomic E-state index is 0.225. The van der Waals surface area contributed by atoms with Crippen LogP contribution in [0.5, 0.6) is 5.75 Å². The Morgan fingerprint density at radius 2 is 2.04 bits per heavy atom. The molecule has 0 aliphatic carbocycles. The number of benzene rings is 1. The Labute approximate surface area is 141 Å². The molecule has 0 saturated heterocycles. The zero-order valence-electron chi connectivity index (χ0n) is 12.1. The van der Waals surface area contributed by atoms with E-state index in [1.807, 2.05) is 0 Å². The lowest BCUT2D eigenvalue weighted by Gasteiger charge is -2.08. The summed E-state index contributed by atoms with van der Waals surface area (Å²) in [6.07, 6.45) is 0. The molecular formula is C14H13Cl2N3O4. The van der Waals surface area contributed by atoms with Crippen molar-refractivity contribution < 1.29 is 18.8 Å². The molecule has 0 fully saturated rings. The SMILES string of the molecule is Cc1cc(NC(=O)CNC(=O)COc2cc(Cl)ccc2Cl)no1. The van der Waals surface area contributed by atoms with Crippen LogP contribution in [0.2, 0.25) is 10.0 Å². The molecule has 2 rings (SSSR count). The summed E-state index contributed by atoms with van der Waals surface area (Å²) >= 11 is 11.7. The molecule has 2 aromatic rings. The lowest BCUT2D eigenvalue weighted by atomic mass is 10.3. The zero-order valence-corrected chi connectivity index (χ0v) is 13.6. The third-order valence-corrected chi connectivity index (χ3v) is 3.14. The van der Waals surface area contributed by atoms with Crippen LogP contribution in [0.3, 0.4) is 0 Å². The number of halogens is 2. The molecule has 7 nitrogen and oxygen atoms in total. The predicted molar refractivity (Wildman–Crippen MR) is 84.8 cm³/mol. The second kappa shape index (κ2) is 7.85. The number of nitrogens with zero attached hydrogens (tertiary/aromatic N) is 1. The highest BCUT2D eigenvalue weighted by Gasteiger charge is 2.10. The summed E-state index contributed by atoms with van der Waals surface area (Å²) in [7, 11) is 0. The Hall–Kier alpha value is -2.25. The number of carbonyl (C=O) groups excluding carboxylic acids is 2. The standard InChI is InChI=1S/C14H13Cl2N3O4/c1-8-4-12(19-23-8)18-13(20)6-17-14(21)7-22-11-5-9(15)2-3-10(11)16/h2-5H,6-7H2,1H3,(H,17,21)(H,18,19,20). The second-order valence-corrected chi connectivity index (χ2v) is 5.35. The van der Waals surface area contributed by atoms with Crippen molar-refractivity contribution in [1.82, 2.24) is 10.5 Å². The van der Waals surface area contributed by atoms with Gasteiger partial charge in [0.2, 0.25) is 5.91 Å². The number of aromatic nitrogens is 1. The van der Waals surface area contributed by atoms with Crippen LogP contribution in [0.25, 0.3) is 0 Å². The Morgan fingerprint density at radius 1 is 1.26 bits per heavy atom. The van der Waals surface area contributed by atoms with Gasteiger partial charge in [-0.25, -0.2) is 0 Å². The maximum Gasteiger partial charge on any atom is 0.258 e. The topological polar surface area (TPSA) is 93.5 Å². The number of anilines is 1. The Morgan fingerprint density at radius 3 is 2.74 bits per heavy atom. The van der Waals surface area contributed by atoms with Gasteiger partial charge in [-0.15, -0.1) is 0 Å². The van der Waals surface area contributed by atoms with E-state index in [1.54, 1.807) is 25.1 Å². The van der Waals surface area contributed by atoms with Gasteiger partial charge >= 0.3 is 0 Å². The molecule has 0 aliphatic heterocycles. The average Bonchev–Trinajstić information content (AvgIpc) is 2.91. The highest BCUT2D eigenvalue weighted by Crippen LogP contribution is 2.27. The van der Waals surface area contributed by atoms with Crippen LogP contribution in [0.15, 0.2) is 28.8 Å². The maximum atomic E-state index is 11.6. The quantitative estimate of drug-likeness (QED) is 0.827. The minimum Gasteiger partial charge on any atom is -0.482 e. The summed E-state index contributed by atoms with van der Waals surface area (Å²) in [6, 6.07) is 6.22. The van der Waals surface area contributed by atoms with E-state index in [1.165, 1.54) is 6.07 Å². The lowest BCUT2D eigenvalue weighted by molar-refractivity contribution is -0.125. The monoisotopic (exact) mass is 357 g/mol. The minimum atomic E-state index is -0.479. The van der Waals surface area contributed by atoms with Gasteiger partial charge in [0, 0.05) is 17.2 Å². The molecule has 23 heavy (non-hydrogen) atoms. The first-order valence-corrected chi connectivity index (χ1v) is 7.27. The molecule has 0 aliphatic rings. The molecule has 0 bridgehead atoms. The summed E-state index contributed by atoms with van der Waals surface area (Å²) < 4.78 is 10.0. The fraction of sp³-hybridized carbons (Fsp3) is 0.214. The fourth-order valence-corrected chi connectivity index (χ4v) is 1.91. The normalized spacial score (nSPS) is 10.2. The van der Waals surface area contributed by atoms with Crippen molar-refractivity contribution in [3.05, 3.63) is 40.1 Å². The first kappa shape index (κ1) is 17.1. The van der Waals surface area contributed by atoms with Crippen LogP contribution in [0, 0.1) is 6.92 Å². The largest absolute Gasteiger partial charge is 0.482 e. The molecule has 1 aromatic heterocycles. The van der Waals surface area contributed by atoms with E-state index < -0.39 is 11.8 Å². The second-order valence-electron chi connectivity index (χ2n) is 4.51. The maximum absolute atomic E-state index is 11.6. The zero-order chi connectivity index (χ0) is 16.8. The molecule has 122 valence electrons. The molecule has 0 saturated carbocycles. The molecule has 1 heterocycles. The van der Waals surface area contributed by atoms with Crippen molar-refractivity contribution in [3.8, 4) is 5.75 Å². The number of hydrogen-bond donors (Lipinski definition) is 2. The van der Waals surface area contributed by atoms with Crippen molar-refractivity contribution >= 4 is 40.8 Å². The Bertz CT molecular complexity index is 718. The Kier molecular flexibility index (Phi) is 5.84. The smallest absolute Gasteiger partial charge is 0.258 e. The van der Waals surface area contributed by atoms with Crippen molar-refractivity contribution in [3.63, 3.8) is 0 Å². The van der Waals surface area contributed by atoms with Gasteiger partial charge in [0.15, 0.2) is 12.4 Å². The van der Waals surface area contributed by atoms with Gasteiger partial charge in [0.05, 0.1) is 11.6 Å². The van der Waals surface area contributed by atoms with Gasteiger partial charge in [-0.3, -0.25) is 9.59 Å². The van der Waals surface area contributed by atoms with E-state index in [9.17, 15) is 9.59 Å². The average molecular weight is 358 g/mol. The van der Waals surface area contributed by atoms with Crippen molar-refractivity contribution in [2.45, 2.75) is 6.92 Å². The molecule has 9 heteroatoms. The molecule has 0 atom stereocenters. The molecule has 0 radical (unpaired) electrons. The van der Waals surface area contributed by atoms with Crippen molar-refractivity contribution in [2.24, 2.45) is 0 Å². The van der Waals surface area contributed by atoms with Crippen molar-refractivity contribution in [1.29, 1.82) is 0 Å². The van der Waals surface area contributed by atoms with E-state index in [0.717, 1.165) is 0 Å². The molecular weight excluding hydrogens is 345 g/mol. The van der Waals surface area contributed by atoms with Crippen LogP contribution >= 0.6 is 23.2 Å². The number of nitrogens with one attached hydrogen (secondary N) is 2. The summed E-state index contributed by atoms with van der Waals surface area (Å²) in [6.45, 7) is 1.18. The van der Waals surface area contributed by atoms with E-state index in [4.69, 9.17) is 32.5 Å². The summed E-state index contributed by atoms with van der Waals surface area (Å²) in [4.78, 5) is 23.3. The summed E-state index contributed by atoms with van der Waals surface area (Å²) in [5, 5.41) is 9.25. The first-order chi connectivity index (χ1) is 10.9. The Balaban J connectivity index is 1.74. The first-order valence-electron chi connectivity index (χ1n) is 6.52. The molecule has 0 unspecified atom stereocenters. The number of carbonyl (C=O) groups is 2. The van der Waals surface area contributed by atoms with Crippen LogP contribution in [-0.4, -0.2) is 30.1 Å². The highest BCUT2D eigenvalue weighted by atomic mass is 35.5. The van der Waals surface area contributed by atoms with Gasteiger partial charge < -0.3 is 19.9 Å². The van der Waals surface area contributed by atoms with Gasteiger partial charge in [-0.1, -0.05) is 28.4 Å². The van der Waals surface area contributed by atoms with Crippen LogP contribution in [0.4, 0.5) is 5.82 Å². The van der Waals surface area contributed by atoms with Crippen molar-refractivity contribution in [2.75, 3.05) is 18.5 Å². The van der Waals surface area contributed by atoms with Gasteiger partial charge in [-0.2, -0.15) is 0 Å². The summed E-state index contributed by atoms with van der Waals surface area (Å²) in [5.41, 5.74) is 0. The lowest BCUT2D eigenvalue weighted by Crippen LogP contribution is -2.35. The number of amides is 2. The van der Waals surface area contributed by atoms with E-state index in [0.29, 0.717) is 15.8 Å². The third-order valence-electron chi connectivity index (χ3n) is 2.59. The van der Waals surface area contributed by atoms with E-state index >= 15 is 0 Å². The van der Waals surface area contributed by atoms with Crippen LogP contribution in [-0.2, 0) is 9.59 Å². The highest BCUT2D eigenvalue weighted by molar-refractivity contribution is 6.34. The van der Waals surface area contributed by atoms with Gasteiger partial charge in [0.25, 0.3) is 5.91 Å². The third kappa shape index (κ3) is 5.46. The summed E-state index contributed by atoms with van der Waals surface area (Å²) in [5.74, 6) is 0.219. The van der Waals surface area contributed by atoms with Crippen LogP contribution < -0.4 is 15.4 Å². The molecule has 2 N–H and O–H groups in total. The van der Waals surface area contributed by atoms with Gasteiger partial charge in [-0.05, 0) is 19.1 Å². The fourth-order valence-electron chi connectivity index (χ4n) is 1.57. The molecule has 2 amide bonds. The number of aryl methyl sites for hydroxylation is 1. The van der Waals surface area contributed by atoms with E-state index in [2.05, 4.69) is 15.8 Å².